The highest BCUT2D eigenvalue weighted by molar-refractivity contribution is 8.00. The number of furan rings is 1. The molecular formula is C19H21N3O4S. The zero-order chi connectivity index (χ0) is 19.2. The van der Waals surface area contributed by atoms with Crippen molar-refractivity contribution in [2.45, 2.75) is 49.2 Å². The lowest BCUT2D eigenvalue weighted by Gasteiger charge is -2.20. The van der Waals surface area contributed by atoms with Crippen LogP contribution in [0.2, 0.25) is 0 Å². The van der Waals surface area contributed by atoms with E-state index in [0.717, 1.165) is 12.8 Å². The number of amides is 1. The topological polar surface area (TPSA) is 97.7 Å². The number of carbonyl (C=O) groups excluding carboxylic acids is 1. The zero-order valence-corrected chi connectivity index (χ0v) is 15.8. The number of nitrogens with one attached hydrogen (secondary N) is 1. The normalized spacial score (nSPS) is 15.1. The number of hydrogen-bond acceptors (Lipinski definition) is 6. The van der Waals surface area contributed by atoms with Gasteiger partial charge in [-0.15, -0.1) is 11.8 Å². The summed E-state index contributed by atoms with van der Waals surface area (Å²) in [5, 5.41) is 15.8. The summed E-state index contributed by atoms with van der Waals surface area (Å²) in [5.74, 6) is 0.110. The number of hydrazone groups is 1. The molecule has 1 aliphatic rings. The van der Waals surface area contributed by atoms with Gasteiger partial charge in [-0.2, -0.15) is 5.10 Å². The molecule has 0 bridgehead atoms. The Labute approximate surface area is 161 Å². The van der Waals surface area contributed by atoms with Crippen molar-refractivity contribution in [2.24, 2.45) is 5.10 Å². The monoisotopic (exact) mass is 387 g/mol. The molecule has 0 radical (unpaired) electrons. The molecule has 0 saturated heterocycles. The molecule has 142 valence electrons. The van der Waals surface area contributed by atoms with Gasteiger partial charge in [0.2, 0.25) is 0 Å². The Bertz CT molecular complexity index is 856. The molecule has 1 aliphatic carbocycles. The van der Waals surface area contributed by atoms with Gasteiger partial charge in [0.15, 0.2) is 0 Å². The van der Waals surface area contributed by atoms with Crippen molar-refractivity contribution < 1.29 is 14.1 Å². The van der Waals surface area contributed by atoms with Crippen molar-refractivity contribution >= 4 is 29.6 Å². The minimum atomic E-state index is -0.392. The van der Waals surface area contributed by atoms with Gasteiger partial charge in [0, 0.05) is 16.9 Å². The van der Waals surface area contributed by atoms with Crippen LogP contribution in [0.5, 0.6) is 0 Å². The molecular weight excluding hydrogens is 366 g/mol. The Morgan fingerprint density at radius 1 is 1.33 bits per heavy atom. The zero-order valence-electron chi connectivity index (χ0n) is 15.0. The highest BCUT2D eigenvalue weighted by atomic mass is 32.2. The fourth-order valence-corrected chi connectivity index (χ4v) is 4.39. The van der Waals surface area contributed by atoms with Crippen LogP contribution in [0.3, 0.4) is 0 Å². The van der Waals surface area contributed by atoms with Crippen LogP contribution in [0.15, 0.2) is 44.9 Å². The summed E-state index contributed by atoms with van der Waals surface area (Å²) >= 11 is 1.59. The number of aryl methyl sites for hydroxylation is 1. The Kier molecular flexibility index (Phi) is 6.28. The van der Waals surface area contributed by atoms with Crippen molar-refractivity contribution in [1.29, 1.82) is 0 Å². The van der Waals surface area contributed by atoms with Crippen LogP contribution in [-0.4, -0.2) is 22.3 Å². The first-order valence-corrected chi connectivity index (χ1v) is 9.75. The van der Waals surface area contributed by atoms with Gasteiger partial charge in [-0.05, 0) is 31.9 Å². The number of nitro benzene ring substituents is 1. The molecule has 0 spiro atoms. The van der Waals surface area contributed by atoms with Gasteiger partial charge < -0.3 is 4.42 Å². The summed E-state index contributed by atoms with van der Waals surface area (Å²) in [7, 11) is 0. The van der Waals surface area contributed by atoms with Crippen molar-refractivity contribution in [1.82, 2.24) is 5.43 Å². The fraction of sp³-hybridized carbons (Fsp3) is 0.368. The Hall–Kier alpha value is -2.61. The van der Waals surface area contributed by atoms with E-state index in [1.807, 2.05) is 0 Å². The third-order valence-corrected chi connectivity index (χ3v) is 5.91. The molecule has 0 aliphatic heterocycles. The number of nitrogens with zero attached hydrogens (tertiary/aromatic N) is 2. The molecule has 0 atom stereocenters. The van der Waals surface area contributed by atoms with E-state index in [-0.39, 0.29) is 10.6 Å². The van der Waals surface area contributed by atoms with E-state index < -0.39 is 5.91 Å². The molecule has 1 saturated carbocycles. The number of hydrogen-bond donors (Lipinski definition) is 1. The highest BCUT2D eigenvalue weighted by Crippen LogP contribution is 2.38. The van der Waals surface area contributed by atoms with Crippen LogP contribution >= 0.6 is 11.8 Å². The summed E-state index contributed by atoms with van der Waals surface area (Å²) in [5.41, 5.74) is 3.43. The summed E-state index contributed by atoms with van der Waals surface area (Å²) in [4.78, 5) is 23.7. The Morgan fingerprint density at radius 2 is 2.11 bits per heavy atom. The molecule has 2 aromatic rings. The number of benzene rings is 1. The molecule has 7 nitrogen and oxygen atoms in total. The van der Waals surface area contributed by atoms with E-state index in [1.165, 1.54) is 37.8 Å². The molecule has 27 heavy (non-hydrogen) atoms. The van der Waals surface area contributed by atoms with Gasteiger partial charge in [0.05, 0.1) is 27.9 Å². The van der Waals surface area contributed by atoms with Gasteiger partial charge >= 0.3 is 0 Å². The van der Waals surface area contributed by atoms with E-state index in [1.54, 1.807) is 36.9 Å². The number of nitro groups is 1. The molecule has 3 rings (SSSR count). The van der Waals surface area contributed by atoms with E-state index in [4.69, 9.17) is 4.42 Å². The Morgan fingerprint density at radius 3 is 2.78 bits per heavy atom. The summed E-state index contributed by atoms with van der Waals surface area (Å²) in [6, 6.07) is 6.59. The average molecular weight is 387 g/mol. The van der Waals surface area contributed by atoms with Crippen LogP contribution in [0, 0.1) is 17.0 Å². The molecule has 1 fully saturated rings. The molecule has 1 amide bonds. The summed E-state index contributed by atoms with van der Waals surface area (Å²) in [6.07, 6.45) is 8.65. The van der Waals surface area contributed by atoms with Crippen molar-refractivity contribution in [3.8, 4) is 0 Å². The van der Waals surface area contributed by atoms with Gasteiger partial charge in [0.25, 0.3) is 11.6 Å². The minimum Gasteiger partial charge on any atom is -0.469 e. The lowest BCUT2D eigenvalue weighted by molar-refractivity contribution is -0.387. The third kappa shape index (κ3) is 4.97. The largest absolute Gasteiger partial charge is 0.469 e. The highest BCUT2D eigenvalue weighted by Gasteiger charge is 2.21. The molecule has 1 N–H and O–H groups in total. The second-order valence-electron chi connectivity index (χ2n) is 6.45. The van der Waals surface area contributed by atoms with Crippen LogP contribution in [0.4, 0.5) is 5.69 Å². The second-order valence-corrected chi connectivity index (χ2v) is 7.79. The second kappa shape index (κ2) is 8.85. The van der Waals surface area contributed by atoms with Gasteiger partial charge in [-0.3, -0.25) is 14.9 Å². The van der Waals surface area contributed by atoms with E-state index >= 15 is 0 Å². The maximum absolute atomic E-state index is 12.0. The number of carbonyl (C=O) groups is 1. The number of thioether (sulfide) groups is 1. The first kappa shape index (κ1) is 19.2. The number of rotatable bonds is 6. The standard InChI is InChI=1S/C19H21N3O4S/c1-13-16(9-10-26-13)19(23)21-20-12-14-7-8-18(17(11-14)22(24)25)27-15-5-3-2-4-6-15/h7-12,15H,2-6H2,1H3,(H,21,23). The van der Waals surface area contributed by atoms with Crippen molar-refractivity contribution in [3.05, 3.63) is 57.5 Å². The van der Waals surface area contributed by atoms with Crippen LogP contribution in [0.25, 0.3) is 0 Å². The van der Waals surface area contributed by atoms with Crippen LogP contribution < -0.4 is 5.43 Å². The lowest BCUT2D eigenvalue weighted by atomic mass is 10.0. The van der Waals surface area contributed by atoms with Gasteiger partial charge in [0.1, 0.15) is 5.76 Å². The van der Waals surface area contributed by atoms with Gasteiger partial charge in [-0.25, -0.2) is 5.43 Å². The smallest absolute Gasteiger partial charge is 0.283 e. The molecule has 0 unspecified atom stereocenters. The predicted molar refractivity (Wildman–Crippen MR) is 104 cm³/mol. The molecule has 8 heteroatoms. The molecule has 1 aromatic carbocycles. The summed E-state index contributed by atoms with van der Waals surface area (Å²) in [6.45, 7) is 1.69. The molecule has 1 heterocycles. The van der Waals surface area contributed by atoms with Crippen LogP contribution in [0.1, 0.15) is 53.8 Å². The first-order chi connectivity index (χ1) is 13.0. The van der Waals surface area contributed by atoms with Crippen molar-refractivity contribution in [2.75, 3.05) is 0 Å². The Balaban J connectivity index is 1.68. The van der Waals surface area contributed by atoms with E-state index in [9.17, 15) is 14.9 Å². The summed E-state index contributed by atoms with van der Waals surface area (Å²) < 4.78 is 5.08. The quantitative estimate of drug-likeness (QED) is 0.441. The maximum atomic E-state index is 12.0. The maximum Gasteiger partial charge on any atom is 0.283 e. The SMILES string of the molecule is Cc1occc1C(=O)NN=Cc1ccc(SC2CCCCC2)c([N+](=O)[O-])c1. The van der Waals surface area contributed by atoms with Crippen LogP contribution in [-0.2, 0) is 0 Å². The predicted octanol–water partition coefficient (Wildman–Crippen LogP) is 4.68. The lowest BCUT2D eigenvalue weighted by Crippen LogP contribution is -2.17. The van der Waals surface area contributed by atoms with E-state index in [2.05, 4.69) is 10.5 Å². The van der Waals surface area contributed by atoms with Crippen molar-refractivity contribution in [3.63, 3.8) is 0 Å². The minimum absolute atomic E-state index is 0.0755. The molecule has 1 aromatic heterocycles. The van der Waals surface area contributed by atoms with E-state index in [0.29, 0.717) is 27.0 Å². The van der Waals surface area contributed by atoms with Gasteiger partial charge in [-0.1, -0.05) is 25.3 Å². The average Bonchev–Trinajstić information content (AvgIpc) is 3.09. The first-order valence-electron chi connectivity index (χ1n) is 8.87. The third-order valence-electron chi connectivity index (χ3n) is 4.51. The fourth-order valence-electron chi connectivity index (χ4n) is 3.07.